The molecule has 1 saturated carbocycles. The lowest BCUT2D eigenvalue weighted by atomic mass is 10.1. The molecular formula is C16H31N3O2S. The van der Waals surface area contributed by atoms with Gasteiger partial charge in [0.2, 0.25) is 0 Å². The van der Waals surface area contributed by atoms with Crippen LogP contribution in [0.1, 0.15) is 32.1 Å². The van der Waals surface area contributed by atoms with Crippen LogP contribution in [0, 0.1) is 5.92 Å². The number of hydrogen-bond acceptors (Lipinski definition) is 4. The van der Waals surface area contributed by atoms with Crippen LogP contribution in [0.3, 0.4) is 0 Å². The van der Waals surface area contributed by atoms with E-state index < -0.39 is 0 Å². The molecule has 1 heterocycles. The first kappa shape index (κ1) is 17.9. The summed E-state index contributed by atoms with van der Waals surface area (Å²) in [6.07, 6.45) is 8.17. The van der Waals surface area contributed by atoms with Gasteiger partial charge in [-0.05, 0) is 38.4 Å². The molecule has 1 aliphatic carbocycles. The molecule has 3 atom stereocenters. The van der Waals surface area contributed by atoms with E-state index >= 15 is 0 Å². The van der Waals surface area contributed by atoms with Gasteiger partial charge in [0, 0.05) is 44.0 Å². The van der Waals surface area contributed by atoms with E-state index in [1.165, 1.54) is 19.3 Å². The lowest BCUT2D eigenvalue weighted by Gasteiger charge is -2.17. The molecule has 0 amide bonds. The highest BCUT2D eigenvalue weighted by molar-refractivity contribution is 7.99. The Morgan fingerprint density at radius 1 is 1.36 bits per heavy atom. The highest BCUT2D eigenvalue weighted by atomic mass is 32.2. The van der Waals surface area contributed by atoms with Gasteiger partial charge in [-0.2, -0.15) is 11.8 Å². The molecule has 3 unspecified atom stereocenters. The SMILES string of the molecule is CN=C(NCCCOCC1CCOC1)NC1CCC(SC)C1. The molecule has 0 aromatic carbocycles. The van der Waals surface area contributed by atoms with Crippen LogP contribution >= 0.6 is 11.8 Å². The second kappa shape index (κ2) is 10.3. The monoisotopic (exact) mass is 329 g/mol. The van der Waals surface area contributed by atoms with Crippen molar-refractivity contribution < 1.29 is 9.47 Å². The molecule has 0 aromatic heterocycles. The smallest absolute Gasteiger partial charge is 0.191 e. The maximum atomic E-state index is 5.71. The van der Waals surface area contributed by atoms with Crippen molar-refractivity contribution in [2.75, 3.05) is 46.3 Å². The van der Waals surface area contributed by atoms with Crippen LogP contribution in [0.2, 0.25) is 0 Å². The van der Waals surface area contributed by atoms with Crippen molar-refractivity contribution in [3.63, 3.8) is 0 Å². The van der Waals surface area contributed by atoms with Crippen LogP contribution in [0.15, 0.2) is 4.99 Å². The Balaban J connectivity index is 1.49. The number of nitrogens with zero attached hydrogens (tertiary/aromatic N) is 1. The van der Waals surface area contributed by atoms with Gasteiger partial charge in [-0.3, -0.25) is 4.99 Å². The predicted molar refractivity (Wildman–Crippen MR) is 93.8 cm³/mol. The Bertz CT molecular complexity index is 335. The van der Waals surface area contributed by atoms with Crippen LogP contribution in [-0.4, -0.2) is 63.5 Å². The highest BCUT2D eigenvalue weighted by Crippen LogP contribution is 2.27. The summed E-state index contributed by atoms with van der Waals surface area (Å²) in [6.45, 7) is 4.31. The standard InChI is InChI=1S/C16H31N3O2S/c1-17-16(19-14-4-5-15(10-14)22-2)18-7-3-8-20-11-13-6-9-21-12-13/h13-15H,3-12H2,1-2H3,(H2,17,18,19). The summed E-state index contributed by atoms with van der Waals surface area (Å²) < 4.78 is 11.1. The molecule has 1 saturated heterocycles. The van der Waals surface area contributed by atoms with E-state index in [0.717, 1.165) is 57.0 Å². The van der Waals surface area contributed by atoms with E-state index in [0.29, 0.717) is 12.0 Å². The molecule has 128 valence electrons. The Morgan fingerprint density at radius 3 is 2.95 bits per heavy atom. The maximum Gasteiger partial charge on any atom is 0.191 e. The summed E-state index contributed by atoms with van der Waals surface area (Å²) >= 11 is 1.98. The van der Waals surface area contributed by atoms with Crippen LogP contribution in [0.5, 0.6) is 0 Å². The summed E-state index contributed by atoms with van der Waals surface area (Å²) in [5, 5.41) is 7.73. The number of ether oxygens (including phenoxy) is 2. The van der Waals surface area contributed by atoms with Gasteiger partial charge in [-0.25, -0.2) is 0 Å². The van der Waals surface area contributed by atoms with Crippen LogP contribution in [-0.2, 0) is 9.47 Å². The van der Waals surface area contributed by atoms with Gasteiger partial charge in [0.25, 0.3) is 0 Å². The summed E-state index contributed by atoms with van der Waals surface area (Å²) in [4.78, 5) is 4.31. The van der Waals surface area contributed by atoms with Gasteiger partial charge in [0.15, 0.2) is 5.96 Å². The zero-order valence-electron chi connectivity index (χ0n) is 14.0. The van der Waals surface area contributed by atoms with E-state index in [2.05, 4.69) is 21.9 Å². The number of hydrogen-bond donors (Lipinski definition) is 2. The second-order valence-corrected chi connectivity index (χ2v) is 7.31. The summed E-state index contributed by atoms with van der Waals surface area (Å²) in [5.74, 6) is 1.53. The second-order valence-electron chi connectivity index (χ2n) is 6.17. The number of aliphatic imine (C=N–C) groups is 1. The van der Waals surface area contributed by atoms with Crippen molar-refractivity contribution >= 4 is 17.7 Å². The molecule has 2 aliphatic rings. The largest absolute Gasteiger partial charge is 0.381 e. The molecule has 0 spiro atoms. The van der Waals surface area contributed by atoms with Gasteiger partial charge in [0.1, 0.15) is 0 Å². The van der Waals surface area contributed by atoms with E-state index in [-0.39, 0.29) is 0 Å². The predicted octanol–water partition coefficient (Wildman–Crippen LogP) is 1.88. The fourth-order valence-electron chi connectivity index (χ4n) is 3.02. The lowest BCUT2D eigenvalue weighted by Crippen LogP contribution is -2.43. The molecule has 5 nitrogen and oxygen atoms in total. The van der Waals surface area contributed by atoms with Gasteiger partial charge in [0.05, 0.1) is 13.2 Å². The van der Waals surface area contributed by atoms with Gasteiger partial charge < -0.3 is 20.1 Å². The molecule has 0 aromatic rings. The first-order valence-electron chi connectivity index (χ1n) is 8.47. The molecule has 22 heavy (non-hydrogen) atoms. The lowest BCUT2D eigenvalue weighted by molar-refractivity contribution is 0.0888. The molecule has 0 bridgehead atoms. The zero-order valence-corrected chi connectivity index (χ0v) is 14.8. The van der Waals surface area contributed by atoms with Crippen LogP contribution < -0.4 is 10.6 Å². The van der Waals surface area contributed by atoms with Crippen molar-refractivity contribution in [2.24, 2.45) is 10.9 Å². The first-order chi connectivity index (χ1) is 10.8. The zero-order chi connectivity index (χ0) is 15.6. The molecule has 2 N–H and O–H groups in total. The van der Waals surface area contributed by atoms with Crippen molar-refractivity contribution in [1.82, 2.24) is 10.6 Å². The molecule has 2 rings (SSSR count). The Hall–Kier alpha value is -0.460. The van der Waals surface area contributed by atoms with Crippen LogP contribution in [0.4, 0.5) is 0 Å². The maximum absolute atomic E-state index is 5.71. The van der Waals surface area contributed by atoms with Crippen molar-refractivity contribution in [3.05, 3.63) is 0 Å². The Kier molecular flexibility index (Phi) is 8.41. The average molecular weight is 330 g/mol. The minimum absolute atomic E-state index is 0.572. The molecule has 0 radical (unpaired) electrons. The summed E-state index contributed by atoms with van der Waals surface area (Å²) in [6, 6.07) is 0.572. The summed E-state index contributed by atoms with van der Waals surface area (Å²) in [5.41, 5.74) is 0. The minimum atomic E-state index is 0.572. The van der Waals surface area contributed by atoms with Crippen molar-refractivity contribution in [2.45, 2.75) is 43.4 Å². The van der Waals surface area contributed by atoms with E-state index in [1.54, 1.807) is 0 Å². The normalized spacial score (nSPS) is 29.0. The Morgan fingerprint density at radius 2 is 2.27 bits per heavy atom. The molecule has 6 heteroatoms. The molecule has 2 fully saturated rings. The minimum Gasteiger partial charge on any atom is -0.381 e. The van der Waals surface area contributed by atoms with E-state index in [9.17, 15) is 0 Å². The van der Waals surface area contributed by atoms with Gasteiger partial charge in [-0.1, -0.05) is 0 Å². The summed E-state index contributed by atoms with van der Waals surface area (Å²) in [7, 11) is 1.84. The van der Waals surface area contributed by atoms with Crippen molar-refractivity contribution in [1.29, 1.82) is 0 Å². The van der Waals surface area contributed by atoms with E-state index in [1.807, 2.05) is 18.8 Å². The molecule has 1 aliphatic heterocycles. The Labute approximate surface area is 139 Å². The molecular weight excluding hydrogens is 298 g/mol. The third-order valence-electron chi connectivity index (χ3n) is 4.42. The van der Waals surface area contributed by atoms with Crippen LogP contribution in [0.25, 0.3) is 0 Å². The number of nitrogens with one attached hydrogen (secondary N) is 2. The van der Waals surface area contributed by atoms with Crippen molar-refractivity contribution in [3.8, 4) is 0 Å². The van der Waals surface area contributed by atoms with E-state index in [4.69, 9.17) is 9.47 Å². The fourth-order valence-corrected chi connectivity index (χ4v) is 3.82. The topological polar surface area (TPSA) is 54.9 Å². The quantitative estimate of drug-likeness (QED) is 0.404. The van der Waals surface area contributed by atoms with Gasteiger partial charge in [-0.15, -0.1) is 0 Å². The number of guanidine groups is 1. The highest BCUT2D eigenvalue weighted by Gasteiger charge is 2.24. The number of thioether (sulfide) groups is 1. The number of rotatable bonds is 8. The third-order valence-corrected chi connectivity index (χ3v) is 5.51. The average Bonchev–Trinajstić information content (AvgIpc) is 3.20. The van der Waals surface area contributed by atoms with Gasteiger partial charge >= 0.3 is 0 Å². The first-order valence-corrected chi connectivity index (χ1v) is 9.76. The third kappa shape index (κ3) is 6.34. The fraction of sp³-hybridized carbons (Fsp3) is 0.938.